The van der Waals surface area contributed by atoms with Crippen LogP contribution in [0.4, 0.5) is 0 Å². The van der Waals surface area contributed by atoms with Crippen molar-refractivity contribution in [2.75, 3.05) is 20.8 Å². The molecule has 1 amide bonds. The van der Waals surface area contributed by atoms with E-state index >= 15 is 0 Å². The van der Waals surface area contributed by atoms with E-state index in [1.165, 1.54) is 5.56 Å². The molecule has 4 rings (SSSR count). The van der Waals surface area contributed by atoms with Crippen LogP contribution in [0.15, 0.2) is 60.8 Å². The van der Waals surface area contributed by atoms with Crippen LogP contribution in [0.1, 0.15) is 33.2 Å². The Morgan fingerprint density at radius 3 is 2.36 bits per heavy atom. The second kappa shape index (κ2) is 7.43. The molecule has 0 radical (unpaired) electrons. The molecule has 5 heteroatoms. The fourth-order valence-electron chi connectivity index (χ4n) is 3.99. The molecule has 0 bridgehead atoms. The van der Waals surface area contributed by atoms with Crippen LogP contribution in [0.2, 0.25) is 0 Å². The Kier molecular flexibility index (Phi) is 4.82. The number of carbonyl (C=O) groups is 1. The van der Waals surface area contributed by atoms with Gasteiger partial charge < -0.3 is 18.9 Å². The molecule has 0 aliphatic carbocycles. The van der Waals surface area contributed by atoms with Crippen molar-refractivity contribution in [3.05, 3.63) is 83.2 Å². The predicted molar refractivity (Wildman–Crippen MR) is 108 cm³/mol. The summed E-state index contributed by atoms with van der Waals surface area (Å²) in [4.78, 5) is 15.4. The largest absolute Gasteiger partial charge is 0.493 e. The van der Waals surface area contributed by atoms with E-state index in [0.717, 1.165) is 23.3 Å². The third kappa shape index (κ3) is 3.03. The Bertz CT molecular complexity index is 994. The van der Waals surface area contributed by atoms with Crippen LogP contribution in [0.3, 0.4) is 0 Å². The van der Waals surface area contributed by atoms with Gasteiger partial charge in [-0.15, -0.1) is 0 Å². The minimum atomic E-state index is -0.174. The van der Waals surface area contributed by atoms with Crippen LogP contribution < -0.4 is 9.47 Å². The number of benzene rings is 2. The maximum absolute atomic E-state index is 13.4. The van der Waals surface area contributed by atoms with Crippen molar-refractivity contribution in [1.82, 2.24) is 9.47 Å². The number of amides is 1. The molecule has 28 heavy (non-hydrogen) atoms. The van der Waals surface area contributed by atoms with Gasteiger partial charge >= 0.3 is 0 Å². The van der Waals surface area contributed by atoms with E-state index in [0.29, 0.717) is 18.0 Å². The van der Waals surface area contributed by atoms with Crippen LogP contribution >= 0.6 is 0 Å². The van der Waals surface area contributed by atoms with E-state index < -0.39 is 0 Å². The molecule has 0 spiro atoms. The summed E-state index contributed by atoms with van der Waals surface area (Å²) in [6.07, 6.45) is 2.67. The smallest absolute Gasteiger partial charge is 0.271 e. The highest BCUT2D eigenvalue weighted by Crippen LogP contribution is 2.41. The Morgan fingerprint density at radius 2 is 1.71 bits per heavy atom. The van der Waals surface area contributed by atoms with Crippen molar-refractivity contribution in [1.29, 1.82) is 0 Å². The molecule has 0 fully saturated rings. The minimum absolute atomic E-state index is 0.0294. The number of carbonyl (C=O) groups excluding carboxylic acids is 1. The zero-order chi connectivity index (χ0) is 19.7. The molecule has 0 N–H and O–H groups in total. The molecule has 1 unspecified atom stereocenters. The molecule has 3 aromatic rings. The van der Waals surface area contributed by atoms with Crippen LogP contribution in [0, 0.1) is 0 Å². The van der Waals surface area contributed by atoms with Crippen molar-refractivity contribution in [3.63, 3.8) is 0 Å². The lowest BCUT2D eigenvalue weighted by molar-refractivity contribution is 0.0684. The van der Waals surface area contributed by atoms with E-state index in [-0.39, 0.29) is 11.9 Å². The lowest BCUT2D eigenvalue weighted by atomic mass is 9.87. The SMILES string of the molecule is COc1cc2c(cc1OC)C(c1ccccc1)N(C(=O)c1cccn1C)CC2. The van der Waals surface area contributed by atoms with Gasteiger partial charge in [0.2, 0.25) is 0 Å². The van der Waals surface area contributed by atoms with Crippen LogP contribution in [0.25, 0.3) is 0 Å². The third-order valence-electron chi connectivity index (χ3n) is 5.41. The summed E-state index contributed by atoms with van der Waals surface area (Å²) in [5.74, 6) is 1.42. The predicted octanol–water partition coefficient (Wildman–Crippen LogP) is 3.83. The van der Waals surface area contributed by atoms with Crippen LogP contribution in [-0.2, 0) is 13.5 Å². The highest BCUT2D eigenvalue weighted by molar-refractivity contribution is 5.93. The number of hydrogen-bond acceptors (Lipinski definition) is 3. The molecule has 0 saturated heterocycles. The number of rotatable bonds is 4. The fraction of sp³-hybridized carbons (Fsp3) is 0.261. The zero-order valence-electron chi connectivity index (χ0n) is 16.4. The van der Waals surface area contributed by atoms with Gasteiger partial charge in [-0.2, -0.15) is 0 Å². The van der Waals surface area contributed by atoms with Gasteiger partial charge in [0.05, 0.1) is 20.3 Å². The van der Waals surface area contributed by atoms with Crippen molar-refractivity contribution in [3.8, 4) is 11.5 Å². The molecule has 1 atom stereocenters. The molecule has 2 heterocycles. The van der Waals surface area contributed by atoms with Gasteiger partial charge in [-0.25, -0.2) is 0 Å². The second-order valence-electron chi connectivity index (χ2n) is 6.97. The lowest BCUT2D eigenvalue weighted by Gasteiger charge is -2.38. The van der Waals surface area contributed by atoms with E-state index in [4.69, 9.17) is 9.47 Å². The van der Waals surface area contributed by atoms with E-state index in [9.17, 15) is 4.79 Å². The average molecular weight is 376 g/mol. The van der Waals surface area contributed by atoms with Gasteiger partial charge in [0.25, 0.3) is 5.91 Å². The maximum Gasteiger partial charge on any atom is 0.271 e. The van der Waals surface area contributed by atoms with E-state index in [1.807, 2.05) is 65.2 Å². The maximum atomic E-state index is 13.4. The first-order chi connectivity index (χ1) is 13.6. The molecule has 0 saturated carbocycles. The summed E-state index contributed by atoms with van der Waals surface area (Å²) in [7, 11) is 5.18. The van der Waals surface area contributed by atoms with Crippen molar-refractivity contribution >= 4 is 5.91 Å². The van der Waals surface area contributed by atoms with Crippen LogP contribution in [-0.4, -0.2) is 36.1 Å². The number of aryl methyl sites for hydroxylation is 1. The molecule has 5 nitrogen and oxygen atoms in total. The van der Waals surface area contributed by atoms with Gasteiger partial charge in [0, 0.05) is 19.8 Å². The molecule has 1 aromatic heterocycles. The summed E-state index contributed by atoms with van der Waals surface area (Å²) in [5.41, 5.74) is 4.03. The first kappa shape index (κ1) is 18.2. The van der Waals surface area contributed by atoms with Crippen LogP contribution in [0.5, 0.6) is 11.5 Å². The summed E-state index contributed by atoms with van der Waals surface area (Å²) in [6.45, 7) is 0.645. The molecule has 144 valence electrons. The standard InChI is InChI=1S/C23H24N2O3/c1-24-12-7-10-19(24)23(26)25-13-11-17-14-20(27-2)21(28-3)15-18(17)22(25)16-8-5-4-6-9-16/h4-10,12,14-15,22H,11,13H2,1-3H3. The number of fused-ring (bicyclic) bond motifs is 1. The topological polar surface area (TPSA) is 43.7 Å². The first-order valence-electron chi connectivity index (χ1n) is 9.36. The Morgan fingerprint density at radius 1 is 1.00 bits per heavy atom. The zero-order valence-corrected chi connectivity index (χ0v) is 16.4. The van der Waals surface area contributed by atoms with Gasteiger partial charge in [-0.05, 0) is 47.4 Å². The van der Waals surface area contributed by atoms with Crippen molar-refractivity contribution in [2.45, 2.75) is 12.5 Å². The summed E-state index contributed by atoms with van der Waals surface area (Å²) in [6, 6.07) is 17.8. The number of aromatic nitrogens is 1. The highest BCUT2D eigenvalue weighted by atomic mass is 16.5. The van der Waals surface area contributed by atoms with Gasteiger partial charge in [0.15, 0.2) is 11.5 Å². The summed E-state index contributed by atoms with van der Waals surface area (Å²) >= 11 is 0. The van der Waals surface area contributed by atoms with E-state index in [2.05, 4.69) is 12.1 Å². The quantitative estimate of drug-likeness (QED) is 0.695. The molecule has 1 aliphatic rings. The molecule has 1 aliphatic heterocycles. The summed E-state index contributed by atoms with van der Waals surface area (Å²) in [5, 5.41) is 0. The Balaban J connectivity index is 1.86. The van der Waals surface area contributed by atoms with Crippen molar-refractivity contribution < 1.29 is 14.3 Å². The van der Waals surface area contributed by atoms with Gasteiger partial charge in [-0.3, -0.25) is 4.79 Å². The Hall–Kier alpha value is -3.21. The normalized spacial score (nSPS) is 15.8. The third-order valence-corrected chi connectivity index (χ3v) is 5.41. The number of methoxy groups -OCH3 is 2. The number of hydrogen-bond donors (Lipinski definition) is 0. The minimum Gasteiger partial charge on any atom is -0.493 e. The van der Waals surface area contributed by atoms with Crippen molar-refractivity contribution in [2.24, 2.45) is 7.05 Å². The summed E-state index contributed by atoms with van der Waals surface area (Å²) < 4.78 is 12.9. The second-order valence-corrected chi connectivity index (χ2v) is 6.97. The van der Waals surface area contributed by atoms with E-state index in [1.54, 1.807) is 14.2 Å². The van der Waals surface area contributed by atoms with Gasteiger partial charge in [0.1, 0.15) is 5.69 Å². The average Bonchev–Trinajstić information content (AvgIpc) is 3.17. The molecular weight excluding hydrogens is 352 g/mol. The fourth-order valence-corrected chi connectivity index (χ4v) is 3.99. The van der Waals surface area contributed by atoms with Gasteiger partial charge in [-0.1, -0.05) is 30.3 Å². The highest BCUT2D eigenvalue weighted by Gasteiger charge is 2.34. The number of ether oxygens (including phenoxy) is 2. The number of nitrogens with zero attached hydrogens (tertiary/aromatic N) is 2. The monoisotopic (exact) mass is 376 g/mol. The first-order valence-corrected chi connectivity index (χ1v) is 9.36. The lowest BCUT2D eigenvalue weighted by Crippen LogP contribution is -2.41. The Labute approximate surface area is 165 Å². The molecular formula is C23H24N2O3. The molecule has 2 aromatic carbocycles.